The quantitative estimate of drug-likeness (QED) is 0.736. The maximum absolute atomic E-state index is 5.34. The number of imidazole rings is 2. The number of nitrogens with zero attached hydrogens (tertiary/aromatic N) is 4. The highest BCUT2D eigenvalue weighted by atomic mass is 16.5. The van der Waals surface area contributed by atoms with Gasteiger partial charge in [0, 0.05) is 51.6 Å². The Morgan fingerprint density at radius 2 is 2.11 bits per heavy atom. The summed E-state index contributed by atoms with van der Waals surface area (Å²) in [6.07, 6.45) is 8.51. The molecule has 2 heterocycles. The van der Waals surface area contributed by atoms with Crippen LogP contribution in [0.25, 0.3) is 0 Å². The highest BCUT2D eigenvalue weighted by molar-refractivity contribution is 5.26. The Labute approximate surface area is 113 Å². The summed E-state index contributed by atoms with van der Waals surface area (Å²) < 4.78 is 9.43. The Morgan fingerprint density at radius 1 is 1.26 bits per heavy atom. The normalized spacial score (nSPS) is 10.8. The van der Waals surface area contributed by atoms with Crippen molar-refractivity contribution < 1.29 is 4.74 Å². The number of aryl methyl sites for hydroxylation is 2. The summed E-state index contributed by atoms with van der Waals surface area (Å²) in [6.45, 7) is 5.15. The molecule has 0 atom stereocenters. The van der Waals surface area contributed by atoms with Crippen LogP contribution in [0, 0.1) is 0 Å². The molecule has 0 spiro atoms. The third kappa shape index (κ3) is 3.82. The molecule has 104 valence electrons. The third-order valence-corrected chi connectivity index (χ3v) is 2.93. The highest BCUT2D eigenvalue weighted by Crippen LogP contribution is 2.07. The molecular formula is C13H21N5O. The average molecular weight is 263 g/mol. The van der Waals surface area contributed by atoms with Gasteiger partial charge in [-0.05, 0) is 13.3 Å². The lowest BCUT2D eigenvalue weighted by atomic mass is 10.4. The van der Waals surface area contributed by atoms with Crippen LogP contribution in [-0.4, -0.2) is 32.3 Å². The molecule has 0 aliphatic carbocycles. The molecule has 0 saturated carbocycles. The minimum Gasteiger partial charge on any atom is -0.382 e. The summed E-state index contributed by atoms with van der Waals surface area (Å²) in [4.78, 5) is 8.59. The van der Waals surface area contributed by atoms with Crippen molar-refractivity contribution in [1.29, 1.82) is 0 Å². The summed E-state index contributed by atoms with van der Waals surface area (Å²) in [6, 6.07) is 0. The predicted molar refractivity (Wildman–Crippen MR) is 73.9 cm³/mol. The number of hydrogen-bond acceptors (Lipinski definition) is 4. The van der Waals surface area contributed by atoms with Gasteiger partial charge in [-0.15, -0.1) is 0 Å². The molecular weight excluding hydrogens is 242 g/mol. The van der Waals surface area contributed by atoms with Crippen LogP contribution in [0.3, 0.4) is 0 Å². The lowest BCUT2D eigenvalue weighted by molar-refractivity contribution is 0.142. The van der Waals surface area contributed by atoms with E-state index in [0.29, 0.717) is 6.54 Å². The zero-order valence-corrected chi connectivity index (χ0v) is 11.5. The van der Waals surface area contributed by atoms with Crippen LogP contribution in [0.1, 0.15) is 19.2 Å². The second-order valence-corrected chi connectivity index (χ2v) is 4.30. The topological polar surface area (TPSA) is 56.9 Å². The van der Waals surface area contributed by atoms with Crippen molar-refractivity contribution >= 4 is 5.95 Å². The molecule has 0 bridgehead atoms. The fourth-order valence-electron chi connectivity index (χ4n) is 1.86. The minimum atomic E-state index is 0.673. The van der Waals surface area contributed by atoms with Crippen molar-refractivity contribution in [2.45, 2.75) is 26.4 Å². The van der Waals surface area contributed by atoms with E-state index in [4.69, 9.17) is 4.74 Å². The average Bonchev–Trinajstić information content (AvgIpc) is 3.01. The number of aromatic nitrogens is 4. The van der Waals surface area contributed by atoms with Gasteiger partial charge in [0.15, 0.2) is 0 Å². The van der Waals surface area contributed by atoms with Crippen molar-refractivity contribution in [2.24, 2.45) is 7.05 Å². The van der Waals surface area contributed by atoms with E-state index in [1.165, 1.54) is 0 Å². The van der Waals surface area contributed by atoms with E-state index in [2.05, 4.69) is 19.9 Å². The van der Waals surface area contributed by atoms with Crippen molar-refractivity contribution in [2.75, 3.05) is 18.5 Å². The van der Waals surface area contributed by atoms with Crippen LogP contribution in [0.15, 0.2) is 24.8 Å². The van der Waals surface area contributed by atoms with Gasteiger partial charge in [-0.25, -0.2) is 9.97 Å². The SMILES string of the molecule is CCOCCCn1ccnc1NCc1nccn1C. The first-order valence-corrected chi connectivity index (χ1v) is 6.60. The molecule has 0 radical (unpaired) electrons. The van der Waals surface area contributed by atoms with Crippen LogP contribution >= 0.6 is 0 Å². The Hall–Kier alpha value is -1.82. The molecule has 0 unspecified atom stereocenters. The molecule has 0 aromatic carbocycles. The maximum atomic E-state index is 5.34. The molecule has 0 aliphatic rings. The van der Waals surface area contributed by atoms with E-state index in [9.17, 15) is 0 Å². The van der Waals surface area contributed by atoms with E-state index in [-0.39, 0.29) is 0 Å². The monoisotopic (exact) mass is 263 g/mol. The Bertz CT molecular complexity index is 491. The summed E-state index contributed by atoms with van der Waals surface area (Å²) in [5.74, 6) is 1.86. The van der Waals surface area contributed by atoms with Crippen LogP contribution in [0.5, 0.6) is 0 Å². The van der Waals surface area contributed by atoms with Gasteiger partial charge in [0.05, 0.1) is 6.54 Å². The standard InChI is InChI=1S/C13H21N5O/c1-3-19-10-4-7-18-9-6-15-13(18)16-11-12-14-5-8-17(12)2/h5-6,8-9H,3-4,7,10-11H2,1-2H3,(H,15,16). The van der Waals surface area contributed by atoms with Gasteiger partial charge in [-0.3, -0.25) is 0 Å². The first-order chi connectivity index (χ1) is 9.31. The number of anilines is 1. The van der Waals surface area contributed by atoms with Crippen molar-refractivity contribution in [3.63, 3.8) is 0 Å². The highest BCUT2D eigenvalue weighted by Gasteiger charge is 2.04. The molecule has 19 heavy (non-hydrogen) atoms. The zero-order valence-electron chi connectivity index (χ0n) is 11.5. The summed E-state index contributed by atoms with van der Waals surface area (Å²) in [5.41, 5.74) is 0. The van der Waals surface area contributed by atoms with E-state index in [1.54, 1.807) is 12.4 Å². The molecule has 2 aromatic rings. The molecule has 6 nitrogen and oxygen atoms in total. The number of rotatable bonds is 8. The van der Waals surface area contributed by atoms with Gasteiger partial charge in [0.2, 0.25) is 5.95 Å². The van der Waals surface area contributed by atoms with E-state index >= 15 is 0 Å². The smallest absolute Gasteiger partial charge is 0.203 e. The molecule has 0 saturated heterocycles. The van der Waals surface area contributed by atoms with Gasteiger partial charge in [-0.2, -0.15) is 0 Å². The Balaban J connectivity index is 1.83. The van der Waals surface area contributed by atoms with Crippen LogP contribution in [0.2, 0.25) is 0 Å². The zero-order chi connectivity index (χ0) is 13.5. The van der Waals surface area contributed by atoms with Crippen molar-refractivity contribution in [1.82, 2.24) is 19.1 Å². The van der Waals surface area contributed by atoms with Crippen LogP contribution < -0.4 is 5.32 Å². The minimum absolute atomic E-state index is 0.673. The Kier molecular flexibility index (Phi) is 4.97. The number of ether oxygens (including phenoxy) is 1. The summed E-state index contributed by atoms with van der Waals surface area (Å²) >= 11 is 0. The van der Waals surface area contributed by atoms with Gasteiger partial charge in [0.1, 0.15) is 5.82 Å². The van der Waals surface area contributed by atoms with E-state index in [0.717, 1.165) is 38.0 Å². The second kappa shape index (κ2) is 6.94. The van der Waals surface area contributed by atoms with Gasteiger partial charge >= 0.3 is 0 Å². The van der Waals surface area contributed by atoms with Gasteiger partial charge < -0.3 is 19.2 Å². The molecule has 1 N–H and O–H groups in total. The summed E-state index contributed by atoms with van der Waals surface area (Å²) in [7, 11) is 1.98. The first-order valence-electron chi connectivity index (χ1n) is 6.60. The fraction of sp³-hybridized carbons (Fsp3) is 0.538. The molecule has 2 aromatic heterocycles. The molecule has 0 aliphatic heterocycles. The third-order valence-electron chi connectivity index (χ3n) is 2.93. The first kappa shape index (κ1) is 13.6. The lowest BCUT2D eigenvalue weighted by Gasteiger charge is -2.09. The Morgan fingerprint density at radius 3 is 2.84 bits per heavy atom. The summed E-state index contributed by atoms with van der Waals surface area (Å²) in [5, 5.41) is 3.31. The molecule has 2 rings (SSSR count). The predicted octanol–water partition coefficient (Wildman–Crippen LogP) is 1.66. The number of nitrogens with one attached hydrogen (secondary N) is 1. The molecule has 0 fully saturated rings. The largest absolute Gasteiger partial charge is 0.382 e. The molecule has 6 heteroatoms. The maximum Gasteiger partial charge on any atom is 0.203 e. The van der Waals surface area contributed by atoms with E-state index in [1.807, 2.05) is 30.9 Å². The van der Waals surface area contributed by atoms with Crippen molar-refractivity contribution in [3.05, 3.63) is 30.6 Å². The fourth-order valence-corrected chi connectivity index (χ4v) is 1.86. The van der Waals surface area contributed by atoms with Crippen molar-refractivity contribution in [3.8, 4) is 0 Å². The van der Waals surface area contributed by atoms with Gasteiger partial charge in [-0.1, -0.05) is 0 Å². The second-order valence-electron chi connectivity index (χ2n) is 4.30. The van der Waals surface area contributed by atoms with Crippen LogP contribution in [-0.2, 0) is 24.9 Å². The number of hydrogen-bond donors (Lipinski definition) is 1. The van der Waals surface area contributed by atoms with Crippen LogP contribution in [0.4, 0.5) is 5.95 Å². The van der Waals surface area contributed by atoms with E-state index < -0.39 is 0 Å². The molecule has 0 amide bonds. The lowest BCUT2D eigenvalue weighted by Crippen LogP contribution is -2.11. The van der Waals surface area contributed by atoms with Gasteiger partial charge in [0.25, 0.3) is 0 Å².